The van der Waals surface area contributed by atoms with E-state index in [1.807, 2.05) is 52.1 Å². The van der Waals surface area contributed by atoms with E-state index in [0.717, 1.165) is 16.9 Å². The number of aromatic nitrogens is 3. The number of rotatable bonds is 9. The third kappa shape index (κ3) is 7.84. The van der Waals surface area contributed by atoms with E-state index in [2.05, 4.69) is 47.1 Å². The van der Waals surface area contributed by atoms with E-state index in [-0.39, 0.29) is 18.0 Å². The number of ether oxygens (including phenoxy) is 2. The molecular formula is C36H50N8O4. The van der Waals surface area contributed by atoms with E-state index in [4.69, 9.17) is 14.5 Å². The molecule has 0 radical (unpaired) electrons. The molecule has 0 aliphatic carbocycles. The van der Waals surface area contributed by atoms with Crippen LogP contribution in [0.5, 0.6) is 5.75 Å². The highest BCUT2D eigenvalue weighted by atomic mass is 16.6. The molecule has 2 aliphatic rings. The summed E-state index contributed by atoms with van der Waals surface area (Å²) in [7, 11) is 0. The second kappa shape index (κ2) is 14.4. The molecule has 12 nitrogen and oxygen atoms in total. The first-order valence-corrected chi connectivity index (χ1v) is 17.1. The van der Waals surface area contributed by atoms with Crippen molar-refractivity contribution in [3.63, 3.8) is 0 Å². The molecule has 1 atom stereocenters. The molecule has 0 saturated carbocycles. The molecule has 3 aromatic heterocycles. The second-order valence-electron chi connectivity index (χ2n) is 14.5. The van der Waals surface area contributed by atoms with Crippen molar-refractivity contribution in [3.8, 4) is 22.9 Å². The quantitative estimate of drug-likeness (QED) is 0.339. The van der Waals surface area contributed by atoms with Crippen molar-refractivity contribution in [2.24, 2.45) is 11.3 Å². The molecule has 48 heavy (non-hydrogen) atoms. The Morgan fingerprint density at radius 1 is 1.15 bits per heavy atom. The lowest BCUT2D eigenvalue weighted by Crippen LogP contribution is -2.60. The molecule has 2 fully saturated rings. The minimum atomic E-state index is -0.547. The standard InChI is InChI=1S/C36H50N8O4/c1-8-47-29-17-30(32-28(18-37)21-40-44(32)23-29)27-9-10-31(38-20-27)41-13-11-36(12-14-41,33(45)39-19-25(2)3)24-43-16-15-42(22-26(43)4)34(46)48-35(5,6)7/h9-10,17,20-21,23,25-26H,8,11-16,19,22,24H2,1-7H3,(H,39,45). The van der Waals surface area contributed by atoms with Crippen LogP contribution in [0.2, 0.25) is 0 Å². The van der Waals surface area contributed by atoms with Gasteiger partial charge in [-0.05, 0) is 71.6 Å². The van der Waals surface area contributed by atoms with Crippen molar-refractivity contribution in [1.82, 2.24) is 29.7 Å². The number of piperazine rings is 1. The summed E-state index contributed by atoms with van der Waals surface area (Å²) in [6.45, 7) is 18.9. The van der Waals surface area contributed by atoms with Crippen molar-refractivity contribution < 1.29 is 19.1 Å². The second-order valence-corrected chi connectivity index (χ2v) is 14.5. The third-order valence-electron chi connectivity index (χ3n) is 9.20. The monoisotopic (exact) mass is 658 g/mol. The van der Waals surface area contributed by atoms with Gasteiger partial charge < -0.3 is 24.6 Å². The van der Waals surface area contributed by atoms with Crippen LogP contribution in [0.4, 0.5) is 10.6 Å². The van der Waals surface area contributed by atoms with Gasteiger partial charge in [0.25, 0.3) is 0 Å². The van der Waals surface area contributed by atoms with Gasteiger partial charge in [-0.15, -0.1) is 0 Å². The Balaban J connectivity index is 1.31. The Morgan fingerprint density at radius 3 is 2.50 bits per heavy atom. The maximum absolute atomic E-state index is 13.9. The number of amides is 2. The number of nitrogens with one attached hydrogen (secondary N) is 1. The lowest BCUT2D eigenvalue weighted by molar-refractivity contribution is -0.134. The molecule has 5 rings (SSSR count). The fraction of sp³-hybridized carbons (Fsp3) is 0.583. The number of anilines is 1. The van der Waals surface area contributed by atoms with Gasteiger partial charge in [-0.1, -0.05) is 13.8 Å². The van der Waals surface area contributed by atoms with Gasteiger partial charge in [0.2, 0.25) is 5.91 Å². The van der Waals surface area contributed by atoms with E-state index in [9.17, 15) is 14.9 Å². The summed E-state index contributed by atoms with van der Waals surface area (Å²) in [6.07, 6.45) is 6.28. The van der Waals surface area contributed by atoms with Crippen molar-refractivity contribution >= 4 is 23.3 Å². The van der Waals surface area contributed by atoms with Crippen molar-refractivity contribution in [2.75, 3.05) is 57.3 Å². The summed E-state index contributed by atoms with van der Waals surface area (Å²) in [5.41, 5.74) is 1.80. The summed E-state index contributed by atoms with van der Waals surface area (Å²) in [5.74, 6) is 1.97. The molecule has 2 saturated heterocycles. The summed E-state index contributed by atoms with van der Waals surface area (Å²) in [4.78, 5) is 37.9. The van der Waals surface area contributed by atoms with Gasteiger partial charge in [0.15, 0.2) is 0 Å². The molecule has 12 heteroatoms. The van der Waals surface area contributed by atoms with Crippen LogP contribution in [0.15, 0.2) is 36.8 Å². The molecule has 1 unspecified atom stereocenters. The average Bonchev–Trinajstić information content (AvgIpc) is 3.47. The number of piperidine rings is 1. The average molecular weight is 659 g/mol. The first kappa shape index (κ1) is 35.0. The highest BCUT2D eigenvalue weighted by molar-refractivity contribution is 5.85. The lowest BCUT2D eigenvalue weighted by atomic mass is 9.76. The van der Waals surface area contributed by atoms with Crippen LogP contribution in [-0.4, -0.2) is 100 Å². The van der Waals surface area contributed by atoms with Gasteiger partial charge in [0.1, 0.15) is 23.2 Å². The summed E-state index contributed by atoms with van der Waals surface area (Å²) in [6, 6.07) is 8.29. The van der Waals surface area contributed by atoms with Gasteiger partial charge in [-0.25, -0.2) is 14.3 Å². The number of hydrogen-bond acceptors (Lipinski definition) is 9. The molecule has 2 aliphatic heterocycles. The molecular weight excluding hydrogens is 608 g/mol. The van der Waals surface area contributed by atoms with Gasteiger partial charge in [0, 0.05) is 69.2 Å². The first-order chi connectivity index (χ1) is 22.8. The minimum absolute atomic E-state index is 0.0957. The summed E-state index contributed by atoms with van der Waals surface area (Å²) in [5, 5.41) is 17.3. The maximum atomic E-state index is 13.9. The number of carbonyl (C=O) groups is 2. The molecule has 5 heterocycles. The van der Waals surface area contributed by atoms with Gasteiger partial charge >= 0.3 is 6.09 Å². The van der Waals surface area contributed by atoms with Gasteiger partial charge in [-0.2, -0.15) is 10.4 Å². The van der Waals surface area contributed by atoms with E-state index in [1.165, 1.54) is 0 Å². The molecule has 258 valence electrons. The predicted octanol–water partition coefficient (Wildman–Crippen LogP) is 4.97. The molecule has 2 amide bonds. The largest absolute Gasteiger partial charge is 0.492 e. The number of nitriles is 1. The van der Waals surface area contributed by atoms with Crippen molar-refractivity contribution in [2.45, 2.75) is 73.0 Å². The Kier molecular flexibility index (Phi) is 10.5. The van der Waals surface area contributed by atoms with Crippen molar-refractivity contribution in [1.29, 1.82) is 5.26 Å². The molecule has 3 aromatic rings. The number of nitrogens with zero attached hydrogens (tertiary/aromatic N) is 7. The molecule has 0 spiro atoms. The highest BCUT2D eigenvalue weighted by Crippen LogP contribution is 2.37. The zero-order valence-corrected chi connectivity index (χ0v) is 29.5. The Hall–Kier alpha value is -4.37. The topological polar surface area (TPSA) is 128 Å². The van der Waals surface area contributed by atoms with E-state index in [0.29, 0.717) is 88.0 Å². The fourth-order valence-electron chi connectivity index (χ4n) is 6.59. The zero-order valence-electron chi connectivity index (χ0n) is 29.5. The predicted molar refractivity (Wildman–Crippen MR) is 185 cm³/mol. The Bertz CT molecular complexity index is 1630. The Morgan fingerprint density at radius 2 is 1.90 bits per heavy atom. The van der Waals surface area contributed by atoms with Crippen molar-refractivity contribution in [3.05, 3.63) is 42.4 Å². The highest BCUT2D eigenvalue weighted by Gasteiger charge is 2.44. The number of hydrogen-bond donors (Lipinski definition) is 1. The van der Waals surface area contributed by atoms with Crippen LogP contribution in [0, 0.1) is 22.7 Å². The van der Waals surface area contributed by atoms with Crippen LogP contribution in [-0.2, 0) is 9.53 Å². The Labute approximate surface area is 284 Å². The van der Waals surface area contributed by atoms with Gasteiger partial charge in [0.05, 0.1) is 35.5 Å². The normalized spacial score (nSPS) is 18.5. The SMILES string of the molecule is CCOc1cc(-c2ccc(N3CCC(CN4CCN(C(=O)OC(C)(C)C)CC4C)(C(=O)NCC(C)C)CC3)nc2)c2c(C#N)cnn2c1. The zero-order chi connectivity index (χ0) is 34.6. The molecule has 0 bridgehead atoms. The van der Waals surface area contributed by atoms with Crippen LogP contribution >= 0.6 is 0 Å². The fourth-order valence-corrected chi connectivity index (χ4v) is 6.59. The smallest absolute Gasteiger partial charge is 0.410 e. The van der Waals surface area contributed by atoms with Crippen LogP contribution in [0.3, 0.4) is 0 Å². The van der Waals surface area contributed by atoms with Gasteiger partial charge in [-0.3, -0.25) is 9.69 Å². The van der Waals surface area contributed by atoms with E-state index < -0.39 is 11.0 Å². The summed E-state index contributed by atoms with van der Waals surface area (Å²) < 4.78 is 13.1. The molecule has 1 N–H and O–H groups in total. The summed E-state index contributed by atoms with van der Waals surface area (Å²) >= 11 is 0. The van der Waals surface area contributed by atoms with Crippen LogP contribution < -0.4 is 15.0 Å². The minimum Gasteiger partial charge on any atom is -0.492 e. The van der Waals surface area contributed by atoms with Crippen LogP contribution in [0.25, 0.3) is 16.6 Å². The number of pyridine rings is 2. The number of fused-ring (bicyclic) bond motifs is 1. The lowest BCUT2D eigenvalue weighted by Gasteiger charge is -2.47. The first-order valence-electron chi connectivity index (χ1n) is 17.1. The van der Waals surface area contributed by atoms with E-state index >= 15 is 0 Å². The third-order valence-corrected chi connectivity index (χ3v) is 9.20. The number of carbonyl (C=O) groups excluding carboxylic acids is 2. The van der Waals surface area contributed by atoms with E-state index in [1.54, 1.807) is 21.8 Å². The maximum Gasteiger partial charge on any atom is 0.410 e. The van der Waals surface area contributed by atoms with Crippen LogP contribution in [0.1, 0.15) is 66.9 Å². The molecule has 0 aromatic carbocycles.